The summed E-state index contributed by atoms with van der Waals surface area (Å²) in [6.45, 7) is 4.05. The van der Waals surface area contributed by atoms with Crippen LogP contribution in [-0.2, 0) is 19.7 Å². The van der Waals surface area contributed by atoms with Gasteiger partial charge in [-0.15, -0.1) is 0 Å². The first-order valence-corrected chi connectivity index (χ1v) is 9.75. The van der Waals surface area contributed by atoms with Crippen LogP contribution in [0.5, 0.6) is 11.5 Å². The lowest BCUT2D eigenvalue weighted by molar-refractivity contribution is 0.280. The summed E-state index contributed by atoms with van der Waals surface area (Å²) in [4.78, 5) is 0. The quantitative estimate of drug-likeness (QED) is 0.506. The lowest BCUT2D eigenvalue weighted by Crippen LogP contribution is -2.14. The summed E-state index contributed by atoms with van der Waals surface area (Å²) in [5.41, 5.74) is 4.67. The summed E-state index contributed by atoms with van der Waals surface area (Å²) in [5.74, 6) is 1.51. The van der Waals surface area contributed by atoms with E-state index in [4.69, 9.17) is 9.47 Å². The van der Waals surface area contributed by atoms with Gasteiger partial charge in [-0.2, -0.15) is 0 Å². The van der Waals surface area contributed by atoms with Crippen LogP contribution in [0.1, 0.15) is 22.3 Å². The van der Waals surface area contributed by atoms with Crippen molar-refractivity contribution >= 4 is 15.9 Å². The maximum Gasteiger partial charge on any atom is 0.167 e. The van der Waals surface area contributed by atoms with Crippen LogP contribution in [0.15, 0.2) is 71.2 Å². The molecule has 0 unspecified atom stereocenters. The van der Waals surface area contributed by atoms with Crippen LogP contribution >= 0.6 is 15.9 Å². The second-order valence-electron chi connectivity index (χ2n) is 6.42. The highest BCUT2D eigenvalue weighted by Gasteiger charge is 2.14. The molecule has 0 fully saturated rings. The minimum absolute atomic E-state index is 0.499. The lowest BCUT2D eigenvalue weighted by atomic mass is 10.1. The van der Waals surface area contributed by atoms with Crippen LogP contribution in [0.2, 0.25) is 0 Å². The van der Waals surface area contributed by atoms with E-state index in [1.807, 2.05) is 18.2 Å². The summed E-state index contributed by atoms with van der Waals surface area (Å²) in [6, 6.07) is 22.7. The molecule has 140 valence electrons. The zero-order valence-corrected chi connectivity index (χ0v) is 17.3. The van der Waals surface area contributed by atoms with E-state index in [2.05, 4.69) is 76.7 Å². The largest absolute Gasteiger partial charge is 0.493 e. The first kappa shape index (κ1) is 19.5. The van der Waals surface area contributed by atoms with E-state index in [1.165, 1.54) is 11.1 Å². The summed E-state index contributed by atoms with van der Waals surface area (Å²) >= 11 is 3.66. The molecule has 0 spiro atoms. The number of ether oxygens (including phenoxy) is 2. The fourth-order valence-corrected chi connectivity index (χ4v) is 3.29. The molecule has 0 aliphatic rings. The minimum atomic E-state index is 0.499. The third-order valence-corrected chi connectivity index (χ3v) is 5.11. The molecule has 0 saturated heterocycles. The van der Waals surface area contributed by atoms with E-state index in [0.29, 0.717) is 13.2 Å². The zero-order valence-electron chi connectivity index (χ0n) is 15.7. The van der Waals surface area contributed by atoms with Crippen molar-refractivity contribution in [2.24, 2.45) is 0 Å². The molecule has 3 aromatic carbocycles. The normalized spacial score (nSPS) is 10.6. The van der Waals surface area contributed by atoms with Gasteiger partial charge in [0, 0.05) is 23.1 Å². The standard InChI is InChI=1S/C23H24BrNO2/c1-17-8-10-19(11-9-17)16-27-23-20(21(24)12-13-22(23)26-2)15-25-14-18-6-4-3-5-7-18/h3-13,25H,14-16H2,1-2H3. The Balaban J connectivity index is 1.74. The molecule has 0 atom stereocenters. The molecule has 0 radical (unpaired) electrons. The Hall–Kier alpha value is -2.30. The molecular weight excluding hydrogens is 402 g/mol. The van der Waals surface area contributed by atoms with Crippen LogP contribution in [0.3, 0.4) is 0 Å². The maximum atomic E-state index is 6.17. The topological polar surface area (TPSA) is 30.5 Å². The maximum absolute atomic E-state index is 6.17. The SMILES string of the molecule is COc1ccc(Br)c(CNCc2ccccc2)c1OCc1ccc(C)cc1. The van der Waals surface area contributed by atoms with E-state index in [-0.39, 0.29) is 0 Å². The van der Waals surface area contributed by atoms with Gasteiger partial charge in [0.2, 0.25) is 0 Å². The molecule has 3 rings (SSSR count). The number of benzene rings is 3. The van der Waals surface area contributed by atoms with Gasteiger partial charge in [-0.1, -0.05) is 76.1 Å². The van der Waals surface area contributed by atoms with Crippen molar-refractivity contribution in [1.82, 2.24) is 5.32 Å². The molecule has 0 aromatic heterocycles. The van der Waals surface area contributed by atoms with Crippen molar-refractivity contribution in [1.29, 1.82) is 0 Å². The number of methoxy groups -OCH3 is 1. The average Bonchev–Trinajstić information content (AvgIpc) is 2.70. The second-order valence-corrected chi connectivity index (χ2v) is 7.28. The van der Waals surface area contributed by atoms with Crippen LogP contribution in [0.4, 0.5) is 0 Å². The smallest absolute Gasteiger partial charge is 0.167 e. The number of halogens is 1. The molecule has 3 aromatic rings. The molecule has 0 bridgehead atoms. The Morgan fingerprint density at radius 2 is 1.59 bits per heavy atom. The van der Waals surface area contributed by atoms with E-state index in [0.717, 1.165) is 33.6 Å². The first-order chi connectivity index (χ1) is 13.2. The van der Waals surface area contributed by atoms with Crippen LogP contribution in [0, 0.1) is 6.92 Å². The van der Waals surface area contributed by atoms with Crippen molar-refractivity contribution in [3.63, 3.8) is 0 Å². The Morgan fingerprint density at radius 1 is 0.852 bits per heavy atom. The molecule has 0 heterocycles. The average molecular weight is 426 g/mol. The molecule has 4 heteroatoms. The van der Waals surface area contributed by atoms with Crippen LogP contribution < -0.4 is 14.8 Å². The highest BCUT2D eigenvalue weighted by atomic mass is 79.9. The molecule has 3 nitrogen and oxygen atoms in total. The van der Waals surface area contributed by atoms with Gasteiger partial charge >= 0.3 is 0 Å². The number of hydrogen-bond donors (Lipinski definition) is 1. The summed E-state index contributed by atoms with van der Waals surface area (Å²) < 4.78 is 12.7. The molecule has 0 saturated carbocycles. The van der Waals surface area contributed by atoms with Crippen LogP contribution in [-0.4, -0.2) is 7.11 Å². The van der Waals surface area contributed by atoms with E-state index in [1.54, 1.807) is 7.11 Å². The van der Waals surface area contributed by atoms with Crippen molar-refractivity contribution in [2.45, 2.75) is 26.6 Å². The molecule has 0 amide bonds. The van der Waals surface area contributed by atoms with Crippen molar-refractivity contribution in [3.8, 4) is 11.5 Å². The monoisotopic (exact) mass is 425 g/mol. The van der Waals surface area contributed by atoms with Gasteiger partial charge in [-0.25, -0.2) is 0 Å². The van der Waals surface area contributed by atoms with Gasteiger partial charge < -0.3 is 14.8 Å². The summed E-state index contributed by atoms with van der Waals surface area (Å²) in [7, 11) is 1.67. The molecular formula is C23H24BrNO2. The van der Waals surface area contributed by atoms with Crippen molar-refractivity contribution in [3.05, 3.63) is 93.5 Å². The summed E-state index contributed by atoms with van der Waals surface area (Å²) in [6.07, 6.45) is 0. The summed E-state index contributed by atoms with van der Waals surface area (Å²) in [5, 5.41) is 3.49. The molecule has 0 aliphatic carbocycles. The minimum Gasteiger partial charge on any atom is -0.493 e. The van der Waals surface area contributed by atoms with E-state index in [9.17, 15) is 0 Å². The van der Waals surface area contributed by atoms with Gasteiger partial charge in [-0.05, 0) is 30.2 Å². The predicted octanol–water partition coefficient (Wildman–Crippen LogP) is 5.63. The number of nitrogens with one attached hydrogen (secondary N) is 1. The first-order valence-electron chi connectivity index (χ1n) is 8.95. The van der Waals surface area contributed by atoms with Gasteiger partial charge in [0.05, 0.1) is 7.11 Å². The van der Waals surface area contributed by atoms with Crippen LogP contribution in [0.25, 0.3) is 0 Å². The Labute approximate surface area is 169 Å². The fourth-order valence-electron chi connectivity index (χ4n) is 2.83. The van der Waals surface area contributed by atoms with Crippen molar-refractivity contribution < 1.29 is 9.47 Å². The number of aryl methyl sites for hydroxylation is 1. The third kappa shape index (κ3) is 5.34. The van der Waals surface area contributed by atoms with E-state index < -0.39 is 0 Å². The highest BCUT2D eigenvalue weighted by Crippen LogP contribution is 2.36. The van der Waals surface area contributed by atoms with Gasteiger partial charge in [-0.3, -0.25) is 0 Å². The lowest BCUT2D eigenvalue weighted by Gasteiger charge is -2.17. The van der Waals surface area contributed by atoms with Gasteiger partial charge in [0.15, 0.2) is 11.5 Å². The molecule has 1 N–H and O–H groups in total. The van der Waals surface area contributed by atoms with E-state index >= 15 is 0 Å². The highest BCUT2D eigenvalue weighted by molar-refractivity contribution is 9.10. The Bertz CT molecular complexity index is 864. The fraction of sp³-hybridized carbons (Fsp3) is 0.217. The van der Waals surface area contributed by atoms with Gasteiger partial charge in [0.25, 0.3) is 0 Å². The molecule has 0 aliphatic heterocycles. The number of rotatable bonds is 8. The predicted molar refractivity (Wildman–Crippen MR) is 113 cm³/mol. The van der Waals surface area contributed by atoms with Gasteiger partial charge in [0.1, 0.15) is 6.61 Å². The third-order valence-electron chi connectivity index (χ3n) is 4.36. The Kier molecular flexibility index (Phi) is 6.91. The van der Waals surface area contributed by atoms with Crippen molar-refractivity contribution in [2.75, 3.05) is 7.11 Å². The zero-order chi connectivity index (χ0) is 19.1. The number of hydrogen-bond acceptors (Lipinski definition) is 3. The Morgan fingerprint density at radius 3 is 2.30 bits per heavy atom. The molecule has 27 heavy (non-hydrogen) atoms. The second kappa shape index (κ2) is 9.58.